The average Bonchev–Trinajstić information content (AvgIpc) is 3.20. The molecule has 27 heavy (non-hydrogen) atoms. The minimum atomic E-state index is -0.468. The molecule has 0 aliphatic heterocycles. The van der Waals surface area contributed by atoms with Crippen molar-refractivity contribution in [3.05, 3.63) is 53.0 Å². The molecular formula is C19H18N4O4. The lowest BCUT2D eigenvalue weighted by molar-refractivity contribution is -0.116. The van der Waals surface area contributed by atoms with E-state index in [9.17, 15) is 9.59 Å². The molecule has 138 valence electrons. The van der Waals surface area contributed by atoms with E-state index in [0.717, 1.165) is 0 Å². The lowest BCUT2D eigenvalue weighted by Gasteiger charge is -2.05. The van der Waals surface area contributed by atoms with Gasteiger partial charge >= 0.3 is 5.76 Å². The summed E-state index contributed by atoms with van der Waals surface area (Å²) in [4.78, 5) is 30.4. The summed E-state index contributed by atoms with van der Waals surface area (Å²) in [7, 11) is 3.68. The average molecular weight is 366 g/mol. The lowest BCUT2D eigenvalue weighted by atomic mass is 10.2. The monoisotopic (exact) mass is 366 g/mol. The summed E-state index contributed by atoms with van der Waals surface area (Å²) < 4.78 is 12.2. The predicted molar refractivity (Wildman–Crippen MR) is 102 cm³/mol. The molecule has 0 aliphatic rings. The molecule has 1 N–H and O–H groups in total. The molecule has 8 heteroatoms. The molecule has 0 saturated heterocycles. The van der Waals surface area contributed by atoms with Crippen molar-refractivity contribution in [3.63, 3.8) is 0 Å². The Morgan fingerprint density at radius 1 is 1.15 bits per heavy atom. The van der Waals surface area contributed by atoms with Gasteiger partial charge in [0.2, 0.25) is 5.91 Å². The summed E-state index contributed by atoms with van der Waals surface area (Å²) >= 11 is 0. The number of oxazole rings is 2. The van der Waals surface area contributed by atoms with E-state index in [1.165, 1.54) is 4.57 Å². The molecule has 0 fully saturated rings. The number of hydrogen-bond acceptors (Lipinski definition) is 6. The summed E-state index contributed by atoms with van der Waals surface area (Å²) in [6, 6.07) is 12.9. The molecule has 0 radical (unpaired) electrons. The van der Waals surface area contributed by atoms with E-state index in [1.54, 1.807) is 41.3 Å². The third-order valence-electron chi connectivity index (χ3n) is 4.18. The molecule has 2 aromatic heterocycles. The molecule has 0 atom stereocenters. The van der Waals surface area contributed by atoms with Crippen molar-refractivity contribution in [2.45, 2.75) is 13.0 Å². The minimum Gasteiger partial charge on any atom is -0.423 e. The number of fused-ring (bicyclic) bond motifs is 2. The van der Waals surface area contributed by atoms with Crippen molar-refractivity contribution in [2.75, 3.05) is 24.3 Å². The number of hydrogen-bond donors (Lipinski definition) is 1. The summed E-state index contributed by atoms with van der Waals surface area (Å²) in [6.45, 7) is 0.235. The van der Waals surface area contributed by atoms with Crippen molar-refractivity contribution in [1.29, 1.82) is 0 Å². The molecule has 0 unspecified atom stereocenters. The van der Waals surface area contributed by atoms with Crippen LogP contribution in [0.1, 0.15) is 6.42 Å². The van der Waals surface area contributed by atoms with Gasteiger partial charge in [-0.3, -0.25) is 9.36 Å². The first-order valence-electron chi connectivity index (χ1n) is 8.47. The number of rotatable bonds is 5. The van der Waals surface area contributed by atoms with Gasteiger partial charge in [-0.2, -0.15) is 4.98 Å². The second kappa shape index (κ2) is 6.64. The van der Waals surface area contributed by atoms with E-state index in [0.29, 0.717) is 33.9 Å². The SMILES string of the molecule is CN(C)c1nc2cc(NC(=O)CCn3c(=O)oc4ccccc43)ccc2o1. The summed E-state index contributed by atoms with van der Waals surface area (Å²) in [5.74, 6) is -0.674. The van der Waals surface area contributed by atoms with E-state index in [2.05, 4.69) is 10.3 Å². The normalized spacial score (nSPS) is 11.2. The number of anilines is 2. The van der Waals surface area contributed by atoms with Crippen molar-refractivity contribution in [3.8, 4) is 0 Å². The Morgan fingerprint density at radius 2 is 1.96 bits per heavy atom. The second-order valence-electron chi connectivity index (χ2n) is 6.36. The molecule has 0 saturated carbocycles. The highest BCUT2D eigenvalue weighted by Gasteiger charge is 2.12. The fourth-order valence-corrected chi connectivity index (χ4v) is 2.85. The third-order valence-corrected chi connectivity index (χ3v) is 4.18. The van der Waals surface area contributed by atoms with Crippen molar-refractivity contribution in [2.24, 2.45) is 0 Å². The van der Waals surface area contributed by atoms with Gasteiger partial charge in [0.25, 0.3) is 6.01 Å². The zero-order chi connectivity index (χ0) is 19.0. The van der Waals surface area contributed by atoms with Gasteiger partial charge in [-0.1, -0.05) is 12.1 Å². The number of amides is 1. The van der Waals surface area contributed by atoms with Crippen molar-refractivity contribution >= 4 is 39.8 Å². The van der Waals surface area contributed by atoms with Gasteiger partial charge in [-0.15, -0.1) is 0 Å². The number of aryl methyl sites for hydroxylation is 1. The summed E-state index contributed by atoms with van der Waals surface area (Å²) in [6.07, 6.45) is 0.142. The molecule has 0 bridgehead atoms. The highest BCUT2D eigenvalue weighted by Crippen LogP contribution is 2.23. The molecule has 1 amide bonds. The molecule has 4 rings (SSSR count). The van der Waals surface area contributed by atoms with Crippen LogP contribution in [-0.4, -0.2) is 29.6 Å². The zero-order valence-corrected chi connectivity index (χ0v) is 14.9. The minimum absolute atomic E-state index is 0.142. The van der Waals surface area contributed by atoms with E-state index in [-0.39, 0.29) is 18.9 Å². The van der Waals surface area contributed by atoms with Crippen LogP contribution < -0.4 is 16.0 Å². The van der Waals surface area contributed by atoms with Crippen LogP contribution in [-0.2, 0) is 11.3 Å². The van der Waals surface area contributed by atoms with E-state index in [1.807, 2.05) is 20.2 Å². The maximum absolute atomic E-state index is 12.3. The Balaban J connectivity index is 1.47. The Bertz CT molecular complexity index is 1190. The fraction of sp³-hybridized carbons (Fsp3) is 0.211. The predicted octanol–water partition coefficient (Wildman–Crippen LogP) is 2.83. The first kappa shape index (κ1) is 16.9. The van der Waals surface area contributed by atoms with E-state index in [4.69, 9.17) is 8.83 Å². The maximum Gasteiger partial charge on any atom is 0.419 e. The van der Waals surface area contributed by atoms with Crippen molar-refractivity contribution < 1.29 is 13.6 Å². The molecule has 4 aromatic rings. The first-order chi connectivity index (χ1) is 13.0. The quantitative estimate of drug-likeness (QED) is 0.584. The highest BCUT2D eigenvalue weighted by molar-refractivity contribution is 5.93. The number of nitrogens with zero attached hydrogens (tertiary/aromatic N) is 3. The van der Waals surface area contributed by atoms with Crippen LogP contribution in [0.25, 0.3) is 22.2 Å². The topological polar surface area (TPSA) is 93.5 Å². The van der Waals surface area contributed by atoms with Gasteiger partial charge in [-0.05, 0) is 30.3 Å². The largest absolute Gasteiger partial charge is 0.423 e. The molecule has 2 aromatic carbocycles. The molecular weight excluding hydrogens is 348 g/mol. The van der Waals surface area contributed by atoms with E-state index >= 15 is 0 Å². The zero-order valence-electron chi connectivity index (χ0n) is 14.9. The highest BCUT2D eigenvalue weighted by atomic mass is 16.4. The Kier molecular flexibility index (Phi) is 4.15. The lowest BCUT2D eigenvalue weighted by Crippen LogP contribution is -2.19. The van der Waals surface area contributed by atoms with Crippen LogP contribution in [0.2, 0.25) is 0 Å². The van der Waals surface area contributed by atoms with Gasteiger partial charge in [0.05, 0.1) is 5.52 Å². The number of nitrogens with one attached hydrogen (secondary N) is 1. The summed E-state index contributed by atoms with van der Waals surface area (Å²) in [5.41, 5.74) is 3.11. The van der Waals surface area contributed by atoms with Crippen LogP contribution in [0.5, 0.6) is 0 Å². The van der Waals surface area contributed by atoms with Gasteiger partial charge in [-0.25, -0.2) is 4.79 Å². The van der Waals surface area contributed by atoms with Crippen LogP contribution in [0.3, 0.4) is 0 Å². The van der Waals surface area contributed by atoms with Crippen molar-refractivity contribution in [1.82, 2.24) is 9.55 Å². The molecule has 0 aliphatic carbocycles. The number of para-hydroxylation sites is 2. The number of benzene rings is 2. The smallest absolute Gasteiger partial charge is 0.419 e. The number of aromatic nitrogens is 2. The Labute approximate surface area is 154 Å². The van der Waals surface area contributed by atoms with Gasteiger partial charge in [0.1, 0.15) is 5.52 Å². The van der Waals surface area contributed by atoms with Crippen LogP contribution >= 0.6 is 0 Å². The molecule has 2 heterocycles. The fourth-order valence-electron chi connectivity index (χ4n) is 2.85. The second-order valence-corrected chi connectivity index (χ2v) is 6.36. The number of carbonyl (C=O) groups is 1. The van der Waals surface area contributed by atoms with Crippen LogP contribution in [0.4, 0.5) is 11.7 Å². The standard InChI is InChI=1S/C19H18N4O4/c1-22(2)18-21-13-11-12(7-8-15(13)26-18)20-17(24)9-10-23-14-5-3-4-6-16(14)27-19(23)25/h3-8,11H,9-10H2,1-2H3,(H,20,24). The maximum atomic E-state index is 12.3. The molecule has 0 spiro atoms. The van der Waals surface area contributed by atoms with Gasteiger partial charge in [0, 0.05) is 32.7 Å². The Morgan fingerprint density at radius 3 is 2.78 bits per heavy atom. The van der Waals surface area contributed by atoms with Crippen LogP contribution in [0, 0.1) is 0 Å². The third kappa shape index (κ3) is 3.29. The van der Waals surface area contributed by atoms with Gasteiger partial charge < -0.3 is 19.1 Å². The summed E-state index contributed by atoms with van der Waals surface area (Å²) in [5, 5.41) is 2.82. The number of carbonyl (C=O) groups excluding carboxylic acids is 1. The Hall–Kier alpha value is -3.55. The molecule has 8 nitrogen and oxygen atoms in total. The van der Waals surface area contributed by atoms with E-state index < -0.39 is 5.76 Å². The first-order valence-corrected chi connectivity index (χ1v) is 8.47. The van der Waals surface area contributed by atoms with Gasteiger partial charge in [0.15, 0.2) is 11.2 Å². The van der Waals surface area contributed by atoms with Crippen LogP contribution in [0.15, 0.2) is 56.1 Å².